The molecule has 0 spiro atoms. The molecule has 3 aromatic rings. The second-order valence-corrected chi connectivity index (χ2v) is 4.79. The van der Waals surface area contributed by atoms with E-state index in [2.05, 4.69) is 4.98 Å². The number of benzene rings is 2. The highest BCUT2D eigenvalue weighted by molar-refractivity contribution is 6.07. The Morgan fingerprint density at radius 3 is 2.76 bits per heavy atom. The van der Waals surface area contributed by atoms with Gasteiger partial charge in [-0.05, 0) is 23.8 Å². The fourth-order valence-corrected chi connectivity index (χ4v) is 2.65. The molecular formula is C16H11NO4. The SMILES string of the molecule is O=C(O)c1[nH]c2ccccc2c1-c1ccc2c(c1)OCO2. The number of aromatic nitrogens is 1. The van der Waals surface area contributed by atoms with Crippen molar-refractivity contribution in [2.24, 2.45) is 0 Å². The predicted octanol–water partition coefficient (Wildman–Crippen LogP) is 3.26. The van der Waals surface area contributed by atoms with Gasteiger partial charge < -0.3 is 19.6 Å². The zero-order valence-corrected chi connectivity index (χ0v) is 10.9. The van der Waals surface area contributed by atoms with Crippen molar-refractivity contribution < 1.29 is 19.4 Å². The first-order valence-corrected chi connectivity index (χ1v) is 6.48. The van der Waals surface area contributed by atoms with Gasteiger partial charge in [-0.25, -0.2) is 4.79 Å². The van der Waals surface area contributed by atoms with Crippen LogP contribution >= 0.6 is 0 Å². The minimum atomic E-state index is -0.987. The van der Waals surface area contributed by atoms with Crippen LogP contribution in [0.4, 0.5) is 0 Å². The monoisotopic (exact) mass is 281 g/mol. The van der Waals surface area contributed by atoms with Gasteiger partial charge in [0.05, 0.1) is 0 Å². The van der Waals surface area contributed by atoms with Crippen LogP contribution in [-0.2, 0) is 0 Å². The Morgan fingerprint density at radius 2 is 1.90 bits per heavy atom. The molecule has 2 N–H and O–H groups in total. The highest BCUT2D eigenvalue weighted by Gasteiger charge is 2.21. The van der Waals surface area contributed by atoms with E-state index in [1.165, 1.54) is 0 Å². The summed E-state index contributed by atoms with van der Waals surface area (Å²) in [6.07, 6.45) is 0. The first kappa shape index (κ1) is 11.8. The van der Waals surface area contributed by atoms with Crippen LogP contribution < -0.4 is 9.47 Å². The molecule has 0 fully saturated rings. The number of carbonyl (C=O) groups is 1. The Labute approximate surface area is 119 Å². The van der Waals surface area contributed by atoms with Crippen molar-refractivity contribution in [1.29, 1.82) is 0 Å². The van der Waals surface area contributed by atoms with Crippen molar-refractivity contribution in [3.8, 4) is 22.6 Å². The first-order chi connectivity index (χ1) is 10.2. The molecule has 2 heterocycles. The molecule has 21 heavy (non-hydrogen) atoms. The zero-order valence-electron chi connectivity index (χ0n) is 10.9. The quantitative estimate of drug-likeness (QED) is 0.756. The molecule has 0 bridgehead atoms. The normalized spacial score (nSPS) is 12.8. The Balaban J connectivity index is 2.00. The van der Waals surface area contributed by atoms with Gasteiger partial charge in [0.15, 0.2) is 11.5 Å². The lowest BCUT2D eigenvalue weighted by molar-refractivity contribution is 0.0692. The van der Waals surface area contributed by atoms with E-state index in [9.17, 15) is 9.90 Å². The fourth-order valence-electron chi connectivity index (χ4n) is 2.65. The third kappa shape index (κ3) is 1.74. The molecule has 0 unspecified atom stereocenters. The standard InChI is InChI=1S/C16H11NO4/c18-16(19)15-14(10-3-1-2-4-11(10)17-15)9-5-6-12-13(7-9)21-8-20-12/h1-7,17H,8H2,(H,18,19). The highest BCUT2D eigenvalue weighted by Crippen LogP contribution is 2.39. The topological polar surface area (TPSA) is 71.5 Å². The van der Waals surface area contributed by atoms with Gasteiger partial charge in [0.25, 0.3) is 0 Å². The molecule has 0 atom stereocenters. The maximum absolute atomic E-state index is 11.5. The third-order valence-corrected chi connectivity index (χ3v) is 3.58. The maximum Gasteiger partial charge on any atom is 0.352 e. The van der Waals surface area contributed by atoms with Crippen molar-refractivity contribution in [2.45, 2.75) is 0 Å². The predicted molar refractivity (Wildman–Crippen MR) is 76.8 cm³/mol. The molecule has 0 aliphatic carbocycles. The van der Waals surface area contributed by atoms with Crippen LogP contribution in [0.5, 0.6) is 11.5 Å². The Hall–Kier alpha value is -2.95. The number of H-pyrrole nitrogens is 1. The van der Waals surface area contributed by atoms with Gasteiger partial charge in [-0.15, -0.1) is 0 Å². The highest BCUT2D eigenvalue weighted by atomic mass is 16.7. The number of fused-ring (bicyclic) bond motifs is 2. The number of hydrogen-bond acceptors (Lipinski definition) is 3. The van der Waals surface area contributed by atoms with Crippen molar-refractivity contribution in [3.63, 3.8) is 0 Å². The molecular weight excluding hydrogens is 270 g/mol. The number of nitrogens with one attached hydrogen (secondary N) is 1. The average Bonchev–Trinajstić information content (AvgIpc) is 3.10. The maximum atomic E-state index is 11.5. The minimum Gasteiger partial charge on any atom is -0.477 e. The molecule has 0 radical (unpaired) electrons. The molecule has 1 aliphatic heterocycles. The molecule has 5 nitrogen and oxygen atoms in total. The van der Waals surface area contributed by atoms with E-state index in [-0.39, 0.29) is 12.5 Å². The Morgan fingerprint density at radius 1 is 1.10 bits per heavy atom. The van der Waals surface area contributed by atoms with Crippen LogP contribution in [0.3, 0.4) is 0 Å². The Bertz CT molecular complexity index is 866. The largest absolute Gasteiger partial charge is 0.477 e. The van der Waals surface area contributed by atoms with Crippen molar-refractivity contribution >= 4 is 16.9 Å². The van der Waals surface area contributed by atoms with Crippen molar-refractivity contribution in [1.82, 2.24) is 4.98 Å². The number of para-hydroxylation sites is 1. The lowest BCUT2D eigenvalue weighted by Crippen LogP contribution is -1.98. The number of carboxylic acids is 1. The van der Waals surface area contributed by atoms with E-state index in [0.29, 0.717) is 17.1 Å². The average molecular weight is 281 g/mol. The fraction of sp³-hybridized carbons (Fsp3) is 0.0625. The summed E-state index contributed by atoms with van der Waals surface area (Å²) in [6.45, 7) is 0.193. The summed E-state index contributed by atoms with van der Waals surface area (Å²) in [5, 5.41) is 10.3. The van der Waals surface area contributed by atoms with Gasteiger partial charge in [-0.3, -0.25) is 0 Å². The summed E-state index contributed by atoms with van der Waals surface area (Å²) in [5.74, 6) is 0.323. The smallest absolute Gasteiger partial charge is 0.352 e. The lowest BCUT2D eigenvalue weighted by atomic mass is 10.0. The van der Waals surface area contributed by atoms with Crippen LogP contribution in [0, 0.1) is 0 Å². The number of aromatic carboxylic acids is 1. The van der Waals surface area contributed by atoms with E-state index in [0.717, 1.165) is 16.5 Å². The molecule has 1 aliphatic rings. The zero-order chi connectivity index (χ0) is 14.4. The van der Waals surface area contributed by atoms with E-state index >= 15 is 0 Å². The van der Waals surface area contributed by atoms with E-state index < -0.39 is 5.97 Å². The molecule has 2 aromatic carbocycles. The van der Waals surface area contributed by atoms with E-state index in [1.807, 2.05) is 36.4 Å². The van der Waals surface area contributed by atoms with Gasteiger partial charge >= 0.3 is 5.97 Å². The van der Waals surface area contributed by atoms with Crippen LogP contribution in [0.2, 0.25) is 0 Å². The molecule has 5 heteroatoms. The van der Waals surface area contributed by atoms with E-state index in [1.54, 1.807) is 6.07 Å². The van der Waals surface area contributed by atoms with Gasteiger partial charge in [-0.2, -0.15) is 0 Å². The molecule has 1 aromatic heterocycles. The molecule has 0 saturated carbocycles. The number of rotatable bonds is 2. The summed E-state index contributed by atoms with van der Waals surface area (Å²) in [7, 11) is 0. The summed E-state index contributed by atoms with van der Waals surface area (Å²) in [5.41, 5.74) is 2.42. The second kappa shape index (κ2) is 4.28. The van der Waals surface area contributed by atoms with Crippen LogP contribution in [0.25, 0.3) is 22.0 Å². The van der Waals surface area contributed by atoms with Crippen molar-refractivity contribution in [3.05, 3.63) is 48.2 Å². The third-order valence-electron chi connectivity index (χ3n) is 3.58. The van der Waals surface area contributed by atoms with E-state index in [4.69, 9.17) is 9.47 Å². The molecule has 0 saturated heterocycles. The summed E-state index contributed by atoms with van der Waals surface area (Å²) >= 11 is 0. The van der Waals surface area contributed by atoms with Gasteiger partial charge in [0.2, 0.25) is 6.79 Å². The molecule has 4 rings (SSSR count). The van der Waals surface area contributed by atoms with Crippen molar-refractivity contribution in [2.75, 3.05) is 6.79 Å². The minimum absolute atomic E-state index is 0.176. The van der Waals surface area contributed by atoms with Gasteiger partial charge in [0.1, 0.15) is 5.69 Å². The number of carboxylic acid groups (broad SMARTS) is 1. The lowest BCUT2D eigenvalue weighted by Gasteiger charge is -2.04. The van der Waals surface area contributed by atoms with Gasteiger partial charge in [-0.1, -0.05) is 24.3 Å². The molecule has 0 amide bonds. The van der Waals surface area contributed by atoms with Crippen LogP contribution in [-0.4, -0.2) is 22.9 Å². The molecule has 104 valence electrons. The Kier molecular flexibility index (Phi) is 2.41. The number of ether oxygens (including phenoxy) is 2. The number of aromatic amines is 1. The summed E-state index contributed by atoms with van der Waals surface area (Å²) in [4.78, 5) is 14.5. The second-order valence-electron chi connectivity index (χ2n) is 4.79. The number of hydrogen-bond donors (Lipinski definition) is 2. The van der Waals surface area contributed by atoms with Crippen LogP contribution in [0.1, 0.15) is 10.5 Å². The first-order valence-electron chi connectivity index (χ1n) is 6.48. The summed E-state index contributed by atoms with van der Waals surface area (Å²) in [6, 6.07) is 13.0. The van der Waals surface area contributed by atoms with Crippen LogP contribution in [0.15, 0.2) is 42.5 Å². The van der Waals surface area contributed by atoms with Gasteiger partial charge in [0, 0.05) is 16.5 Å². The summed E-state index contributed by atoms with van der Waals surface area (Å²) < 4.78 is 10.7.